The number of nitrogens with zero attached hydrogens (tertiary/aromatic N) is 2. The van der Waals surface area contributed by atoms with Gasteiger partial charge in [-0.2, -0.15) is 0 Å². The van der Waals surface area contributed by atoms with Gasteiger partial charge in [0, 0.05) is 0 Å². The summed E-state index contributed by atoms with van der Waals surface area (Å²) in [7, 11) is -1.55. The maximum absolute atomic E-state index is 11.8. The Morgan fingerprint density at radius 3 is 2.52 bits per heavy atom. The molecule has 0 saturated carbocycles. The van der Waals surface area contributed by atoms with Crippen LogP contribution < -0.4 is 5.32 Å². The molecule has 0 aromatic carbocycles. The summed E-state index contributed by atoms with van der Waals surface area (Å²) in [6.07, 6.45) is 0.932. The van der Waals surface area contributed by atoms with Crippen molar-refractivity contribution in [2.45, 2.75) is 46.0 Å². The number of aromatic nitrogens is 2. The summed E-state index contributed by atoms with van der Waals surface area (Å²) in [5.41, 5.74) is 3.06. The Morgan fingerprint density at radius 2 is 2.00 bits per heavy atom. The number of hydrogen-bond acceptors (Lipinski definition) is 4. The summed E-state index contributed by atoms with van der Waals surface area (Å²) in [4.78, 5) is 20.2. The van der Waals surface area contributed by atoms with Gasteiger partial charge in [-0.25, -0.2) is 14.8 Å². The fourth-order valence-electron chi connectivity index (χ4n) is 1.19. The van der Waals surface area contributed by atoms with Gasteiger partial charge in [0.25, 0.3) is 0 Å². The van der Waals surface area contributed by atoms with E-state index in [2.05, 4.69) is 62.3 Å². The number of carbonyl (C=O) groups is 1. The zero-order valence-electron chi connectivity index (χ0n) is 13.2. The van der Waals surface area contributed by atoms with Gasteiger partial charge in [-0.15, -0.1) is 5.54 Å². The summed E-state index contributed by atoms with van der Waals surface area (Å²) in [5, 5.41) is 2.59. The molecule has 5 nitrogen and oxygen atoms in total. The number of rotatable bonds is 1. The summed E-state index contributed by atoms with van der Waals surface area (Å²) < 4.78 is 5.77. The second-order valence-corrected chi connectivity index (χ2v) is 12.1. The molecule has 1 rings (SSSR count). The van der Waals surface area contributed by atoms with Crippen molar-refractivity contribution in [1.29, 1.82) is 0 Å². The van der Waals surface area contributed by atoms with Crippen LogP contribution in [0.25, 0.3) is 0 Å². The monoisotopic (exact) mass is 369 g/mol. The van der Waals surface area contributed by atoms with Crippen LogP contribution in [-0.2, 0) is 4.74 Å². The molecule has 1 aromatic heterocycles. The zero-order valence-corrected chi connectivity index (χ0v) is 15.8. The molecule has 0 aliphatic carbocycles. The van der Waals surface area contributed by atoms with E-state index in [9.17, 15) is 4.79 Å². The fraction of sp³-hybridized carbons (Fsp3) is 0.500. The van der Waals surface area contributed by atoms with Crippen LogP contribution >= 0.6 is 15.9 Å². The van der Waals surface area contributed by atoms with Crippen molar-refractivity contribution in [3.05, 3.63) is 16.5 Å². The van der Waals surface area contributed by atoms with E-state index < -0.39 is 19.8 Å². The SMILES string of the molecule is CC(C)(C)OC(=O)Nc1ncc(Br)nc1C#C[Si](C)(C)C. The number of ether oxygens (including phenoxy) is 1. The largest absolute Gasteiger partial charge is 0.444 e. The quantitative estimate of drug-likeness (QED) is 0.603. The first-order valence-electron chi connectivity index (χ1n) is 6.52. The Hall–Kier alpha value is -1.39. The Balaban J connectivity index is 3.02. The summed E-state index contributed by atoms with van der Waals surface area (Å²) in [6, 6.07) is 0. The minimum Gasteiger partial charge on any atom is -0.444 e. The van der Waals surface area contributed by atoms with Crippen molar-refractivity contribution in [2.24, 2.45) is 0 Å². The minimum atomic E-state index is -1.55. The zero-order chi connectivity index (χ0) is 16.3. The summed E-state index contributed by atoms with van der Waals surface area (Å²) in [6.45, 7) is 11.8. The third-order valence-corrected chi connectivity index (χ3v) is 3.18. The van der Waals surface area contributed by atoms with Gasteiger partial charge in [0.05, 0.1) is 6.20 Å². The van der Waals surface area contributed by atoms with Crippen molar-refractivity contribution >= 4 is 35.9 Å². The molecule has 7 heteroatoms. The third-order valence-electron chi connectivity index (χ3n) is 1.92. The predicted molar refractivity (Wildman–Crippen MR) is 89.8 cm³/mol. The highest BCUT2D eigenvalue weighted by Gasteiger charge is 2.18. The number of carbonyl (C=O) groups excluding carboxylic acids is 1. The van der Waals surface area contributed by atoms with Gasteiger partial charge in [0.1, 0.15) is 18.3 Å². The lowest BCUT2D eigenvalue weighted by molar-refractivity contribution is 0.0635. The van der Waals surface area contributed by atoms with Crippen LogP contribution in [0.5, 0.6) is 0 Å². The Morgan fingerprint density at radius 1 is 1.38 bits per heavy atom. The lowest BCUT2D eigenvalue weighted by Gasteiger charge is -2.19. The van der Waals surface area contributed by atoms with E-state index in [1.54, 1.807) is 20.8 Å². The number of nitrogens with one attached hydrogen (secondary N) is 1. The van der Waals surface area contributed by atoms with E-state index in [4.69, 9.17) is 4.74 Å². The third kappa shape index (κ3) is 7.25. The van der Waals surface area contributed by atoms with Crippen molar-refractivity contribution in [2.75, 3.05) is 5.32 Å². The van der Waals surface area contributed by atoms with Gasteiger partial charge >= 0.3 is 6.09 Å². The van der Waals surface area contributed by atoms with Crippen molar-refractivity contribution < 1.29 is 9.53 Å². The van der Waals surface area contributed by atoms with E-state index in [1.165, 1.54) is 6.20 Å². The van der Waals surface area contributed by atoms with Crippen LogP contribution in [0.4, 0.5) is 10.6 Å². The maximum atomic E-state index is 11.8. The van der Waals surface area contributed by atoms with Gasteiger partial charge in [-0.1, -0.05) is 25.6 Å². The normalized spacial score (nSPS) is 11.4. The average molecular weight is 370 g/mol. The molecule has 0 aliphatic rings. The molecule has 1 heterocycles. The van der Waals surface area contributed by atoms with Crippen molar-refractivity contribution in [3.8, 4) is 11.5 Å². The highest BCUT2D eigenvalue weighted by Crippen LogP contribution is 2.15. The molecule has 1 amide bonds. The molecule has 0 fully saturated rings. The molecule has 0 radical (unpaired) electrons. The molecule has 0 bridgehead atoms. The maximum Gasteiger partial charge on any atom is 0.413 e. The van der Waals surface area contributed by atoms with E-state index in [0.29, 0.717) is 16.1 Å². The Bertz CT molecular complexity index is 595. The summed E-state index contributed by atoms with van der Waals surface area (Å²) >= 11 is 3.26. The van der Waals surface area contributed by atoms with Gasteiger partial charge in [-0.05, 0) is 36.7 Å². The van der Waals surface area contributed by atoms with Crippen LogP contribution in [0.1, 0.15) is 26.5 Å². The molecule has 0 spiro atoms. The molecule has 21 heavy (non-hydrogen) atoms. The van der Waals surface area contributed by atoms with Crippen LogP contribution in [0.2, 0.25) is 19.6 Å². The predicted octanol–water partition coefficient (Wildman–Crippen LogP) is 3.82. The molecule has 0 unspecified atom stereocenters. The second-order valence-electron chi connectivity index (χ2n) is 6.52. The number of amides is 1. The second kappa shape index (κ2) is 6.58. The van der Waals surface area contributed by atoms with Gasteiger partial charge in [-0.3, -0.25) is 5.32 Å². The molecule has 0 aliphatic heterocycles. The lowest BCUT2D eigenvalue weighted by atomic mass is 10.2. The number of halogens is 1. The first-order chi connectivity index (χ1) is 9.46. The average Bonchev–Trinajstić information content (AvgIpc) is 2.26. The smallest absolute Gasteiger partial charge is 0.413 e. The van der Waals surface area contributed by atoms with Crippen LogP contribution in [0, 0.1) is 11.5 Å². The van der Waals surface area contributed by atoms with Crippen LogP contribution in [-0.4, -0.2) is 29.7 Å². The molecular weight excluding hydrogens is 350 g/mol. The Labute approximate surface area is 135 Å². The lowest BCUT2D eigenvalue weighted by Crippen LogP contribution is -2.28. The minimum absolute atomic E-state index is 0.304. The van der Waals surface area contributed by atoms with Crippen molar-refractivity contribution in [3.63, 3.8) is 0 Å². The molecule has 114 valence electrons. The van der Waals surface area contributed by atoms with Crippen LogP contribution in [0.15, 0.2) is 10.8 Å². The van der Waals surface area contributed by atoms with E-state index in [-0.39, 0.29) is 0 Å². The number of hydrogen-bond donors (Lipinski definition) is 1. The first-order valence-corrected chi connectivity index (χ1v) is 10.8. The summed E-state index contributed by atoms with van der Waals surface area (Å²) in [5.74, 6) is 3.30. The molecule has 0 atom stereocenters. The molecular formula is C14H20BrN3O2Si. The molecule has 1 aromatic rings. The van der Waals surface area contributed by atoms with Gasteiger partial charge < -0.3 is 4.74 Å². The highest BCUT2D eigenvalue weighted by atomic mass is 79.9. The van der Waals surface area contributed by atoms with Crippen LogP contribution in [0.3, 0.4) is 0 Å². The highest BCUT2D eigenvalue weighted by molar-refractivity contribution is 9.10. The van der Waals surface area contributed by atoms with Gasteiger partial charge in [0.15, 0.2) is 11.5 Å². The van der Waals surface area contributed by atoms with Crippen molar-refractivity contribution in [1.82, 2.24) is 9.97 Å². The van der Waals surface area contributed by atoms with E-state index >= 15 is 0 Å². The molecule has 0 saturated heterocycles. The Kier molecular flexibility index (Phi) is 5.53. The van der Waals surface area contributed by atoms with Gasteiger partial charge in [0.2, 0.25) is 0 Å². The molecule has 1 N–H and O–H groups in total. The topological polar surface area (TPSA) is 64.1 Å². The number of anilines is 1. The standard InChI is InChI=1S/C14H20BrN3O2Si/c1-14(2,3)20-13(19)18-12-10(7-8-21(4,5)6)17-11(15)9-16-12/h9H,1-6H3,(H,16,18,19). The first kappa shape index (κ1) is 17.7. The fourth-order valence-corrected chi connectivity index (χ4v) is 1.97. The van der Waals surface area contributed by atoms with E-state index in [0.717, 1.165) is 0 Å². The van der Waals surface area contributed by atoms with E-state index in [1.807, 2.05) is 0 Å².